The molecule has 4 aromatic rings. The number of para-hydroxylation sites is 2. The molecule has 0 spiro atoms. The van der Waals surface area contributed by atoms with Gasteiger partial charge in [0, 0.05) is 41.5 Å². The van der Waals surface area contributed by atoms with E-state index in [2.05, 4.69) is 5.32 Å². The van der Waals surface area contributed by atoms with Crippen molar-refractivity contribution in [3.63, 3.8) is 0 Å². The van der Waals surface area contributed by atoms with E-state index in [1.165, 1.54) is 0 Å². The van der Waals surface area contributed by atoms with Crippen molar-refractivity contribution < 1.29 is 19.1 Å². The molecule has 0 aliphatic carbocycles. The molecule has 3 heterocycles. The van der Waals surface area contributed by atoms with Crippen LogP contribution in [-0.2, 0) is 16.1 Å². The number of nitrogens with one attached hydrogen (secondary N) is 1. The largest absolute Gasteiger partial charge is 0.454 e. The van der Waals surface area contributed by atoms with E-state index >= 15 is 0 Å². The molecule has 1 fully saturated rings. The highest BCUT2D eigenvalue weighted by atomic mass is 16.7. The number of nitrogens with zero attached hydrogens (tertiary/aromatic N) is 2. The average molecular weight is 484 g/mol. The molecule has 8 nitrogen and oxygen atoms in total. The van der Waals surface area contributed by atoms with E-state index in [1.54, 1.807) is 30.3 Å². The fourth-order valence-electron chi connectivity index (χ4n) is 5.09. The Morgan fingerprint density at radius 2 is 1.50 bits per heavy atom. The minimum atomic E-state index is -0.173. The molecule has 0 bridgehead atoms. The minimum absolute atomic E-state index is 0.0245. The van der Waals surface area contributed by atoms with E-state index in [-0.39, 0.29) is 36.5 Å². The third-order valence-electron chi connectivity index (χ3n) is 7.03. The Bertz CT molecular complexity index is 1490. The van der Waals surface area contributed by atoms with Crippen LogP contribution in [0, 0.1) is 5.92 Å². The average Bonchev–Trinajstić information content (AvgIpc) is 3.39. The Morgan fingerprint density at radius 1 is 0.861 bits per heavy atom. The SMILES string of the molecule is O=C(Nc1ccc2c(c1)OCO2)C1CCN(C(=O)Cn2c3ccccc3c(=O)c3ccccc32)CC1. The third kappa shape index (κ3) is 3.94. The zero-order valence-electron chi connectivity index (χ0n) is 19.6. The van der Waals surface area contributed by atoms with Crippen LogP contribution >= 0.6 is 0 Å². The van der Waals surface area contributed by atoms with Crippen LogP contribution in [0.5, 0.6) is 11.5 Å². The Labute approximate surface area is 207 Å². The highest BCUT2D eigenvalue weighted by molar-refractivity contribution is 5.95. The van der Waals surface area contributed by atoms with Crippen LogP contribution in [0.2, 0.25) is 0 Å². The number of fused-ring (bicyclic) bond motifs is 3. The Kier molecular flexibility index (Phi) is 5.56. The van der Waals surface area contributed by atoms with Gasteiger partial charge in [0.1, 0.15) is 6.54 Å². The molecule has 2 aliphatic rings. The molecule has 1 saturated heterocycles. The number of likely N-dealkylation sites (tertiary alicyclic amines) is 1. The second-order valence-electron chi connectivity index (χ2n) is 9.16. The van der Waals surface area contributed by atoms with Gasteiger partial charge in [-0.1, -0.05) is 24.3 Å². The minimum Gasteiger partial charge on any atom is -0.454 e. The predicted molar refractivity (Wildman–Crippen MR) is 136 cm³/mol. The fraction of sp³-hybridized carbons (Fsp3) is 0.250. The molecule has 1 N–H and O–H groups in total. The van der Waals surface area contributed by atoms with Crippen LogP contribution in [0.4, 0.5) is 5.69 Å². The van der Waals surface area contributed by atoms with Gasteiger partial charge in [-0.3, -0.25) is 14.4 Å². The summed E-state index contributed by atoms with van der Waals surface area (Å²) < 4.78 is 12.6. The second kappa shape index (κ2) is 9.03. The molecular formula is C28H25N3O5. The Morgan fingerprint density at radius 3 is 2.19 bits per heavy atom. The quantitative estimate of drug-likeness (QED) is 0.447. The van der Waals surface area contributed by atoms with Gasteiger partial charge in [-0.05, 0) is 49.2 Å². The van der Waals surface area contributed by atoms with Crippen molar-refractivity contribution in [2.75, 3.05) is 25.2 Å². The zero-order chi connectivity index (χ0) is 24.6. The van der Waals surface area contributed by atoms with E-state index in [4.69, 9.17) is 9.47 Å². The van der Waals surface area contributed by atoms with E-state index in [9.17, 15) is 14.4 Å². The number of ether oxygens (including phenoxy) is 2. The molecule has 3 aromatic carbocycles. The summed E-state index contributed by atoms with van der Waals surface area (Å²) >= 11 is 0. The molecule has 0 atom stereocenters. The van der Waals surface area contributed by atoms with Crippen LogP contribution in [-0.4, -0.2) is 41.2 Å². The molecule has 0 saturated carbocycles. The van der Waals surface area contributed by atoms with Gasteiger partial charge < -0.3 is 24.3 Å². The summed E-state index contributed by atoms with van der Waals surface area (Å²) in [7, 11) is 0. The van der Waals surface area contributed by atoms with Gasteiger partial charge >= 0.3 is 0 Å². The Hall–Kier alpha value is -4.33. The summed E-state index contributed by atoms with van der Waals surface area (Å²) in [6, 6.07) is 20.1. The number of carbonyl (C=O) groups excluding carboxylic acids is 2. The van der Waals surface area contributed by atoms with E-state index in [0.29, 0.717) is 53.9 Å². The number of rotatable bonds is 4. The Balaban J connectivity index is 1.15. The van der Waals surface area contributed by atoms with Gasteiger partial charge in [0.2, 0.25) is 18.6 Å². The van der Waals surface area contributed by atoms with Crippen molar-refractivity contribution in [2.45, 2.75) is 19.4 Å². The lowest BCUT2D eigenvalue weighted by molar-refractivity contribution is -0.134. The van der Waals surface area contributed by atoms with Crippen molar-refractivity contribution in [1.82, 2.24) is 9.47 Å². The van der Waals surface area contributed by atoms with Crippen LogP contribution in [0.15, 0.2) is 71.5 Å². The monoisotopic (exact) mass is 483 g/mol. The van der Waals surface area contributed by atoms with E-state index < -0.39 is 0 Å². The summed E-state index contributed by atoms with van der Waals surface area (Å²) in [6.07, 6.45) is 1.18. The van der Waals surface area contributed by atoms with Crippen LogP contribution in [0.1, 0.15) is 12.8 Å². The molecule has 8 heteroatoms. The van der Waals surface area contributed by atoms with Gasteiger partial charge in [0.05, 0.1) is 11.0 Å². The summed E-state index contributed by atoms with van der Waals surface area (Å²) in [5.74, 6) is 1.04. The number of anilines is 1. The first kappa shape index (κ1) is 22.2. The van der Waals surface area contributed by atoms with Crippen LogP contribution in [0.25, 0.3) is 21.8 Å². The molecule has 182 valence electrons. The van der Waals surface area contributed by atoms with Crippen molar-refractivity contribution in [3.05, 3.63) is 77.0 Å². The number of carbonyl (C=O) groups is 2. The van der Waals surface area contributed by atoms with Crippen molar-refractivity contribution >= 4 is 39.3 Å². The second-order valence-corrected chi connectivity index (χ2v) is 9.16. The molecule has 1 aromatic heterocycles. The van der Waals surface area contributed by atoms with Gasteiger partial charge in [-0.2, -0.15) is 0 Å². The lowest BCUT2D eigenvalue weighted by Gasteiger charge is -2.32. The van der Waals surface area contributed by atoms with Crippen molar-refractivity contribution in [2.24, 2.45) is 5.92 Å². The standard InChI is InChI=1S/C28H25N3O5/c32-26(16-31-22-7-3-1-5-20(22)27(33)21-6-2-4-8-23(21)31)30-13-11-18(12-14-30)28(34)29-19-9-10-24-25(15-19)36-17-35-24/h1-10,15,18H,11-14,16-17H2,(H,29,34). The zero-order valence-corrected chi connectivity index (χ0v) is 19.6. The van der Waals surface area contributed by atoms with Crippen LogP contribution in [0.3, 0.4) is 0 Å². The summed E-state index contributed by atoms with van der Waals surface area (Å²) in [5.41, 5.74) is 2.12. The maximum absolute atomic E-state index is 13.3. The third-order valence-corrected chi connectivity index (χ3v) is 7.03. The number of hydrogen-bond donors (Lipinski definition) is 1. The molecule has 36 heavy (non-hydrogen) atoms. The van der Waals surface area contributed by atoms with Gasteiger partial charge in [0.15, 0.2) is 16.9 Å². The number of piperidine rings is 1. The van der Waals surface area contributed by atoms with E-state index in [1.807, 2.05) is 45.9 Å². The first-order chi connectivity index (χ1) is 17.6. The lowest BCUT2D eigenvalue weighted by atomic mass is 9.95. The number of aromatic nitrogens is 1. The normalized spacial score (nSPS) is 15.4. The van der Waals surface area contributed by atoms with Crippen LogP contribution < -0.4 is 20.2 Å². The lowest BCUT2D eigenvalue weighted by Crippen LogP contribution is -2.42. The molecule has 2 amide bonds. The number of benzene rings is 3. The summed E-state index contributed by atoms with van der Waals surface area (Å²) in [5, 5.41) is 4.16. The highest BCUT2D eigenvalue weighted by Crippen LogP contribution is 2.34. The van der Waals surface area contributed by atoms with Gasteiger partial charge in [0.25, 0.3) is 0 Å². The smallest absolute Gasteiger partial charge is 0.242 e. The van der Waals surface area contributed by atoms with Gasteiger partial charge in [-0.25, -0.2) is 0 Å². The fourth-order valence-corrected chi connectivity index (χ4v) is 5.09. The maximum Gasteiger partial charge on any atom is 0.242 e. The molecule has 6 rings (SSSR count). The number of hydrogen-bond acceptors (Lipinski definition) is 5. The van der Waals surface area contributed by atoms with Crippen molar-refractivity contribution in [3.8, 4) is 11.5 Å². The molecular weight excluding hydrogens is 458 g/mol. The molecule has 0 radical (unpaired) electrons. The molecule has 2 aliphatic heterocycles. The van der Waals surface area contributed by atoms with Gasteiger partial charge in [-0.15, -0.1) is 0 Å². The number of amides is 2. The highest BCUT2D eigenvalue weighted by Gasteiger charge is 2.28. The van der Waals surface area contributed by atoms with E-state index in [0.717, 1.165) is 11.0 Å². The first-order valence-corrected chi connectivity index (χ1v) is 12.1. The van der Waals surface area contributed by atoms with Crippen molar-refractivity contribution in [1.29, 1.82) is 0 Å². The predicted octanol–water partition coefficient (Wildman–Crippen LogP) is 3.76. The first-order valence-electron chi connectivity index (χ1n) is 12.1. The number of pyridine rings is 1. The topological polar surface area (TPSA) is 89.9 Å². The molecule has 0 unspecified atom stereocenters. The maximum atomic E-state index is 13.3. The summed E-state index contributed by atoms with van der Waals surface area (Å²) in [4.78, 5) is 40.9. The summed E-state index contributed by atoms with van der Waals surface area (Å²) in [6.45, 7) is 1.34.